The minimum absolute atomic E-state index is 0.289. The summed E-state index contributed by atoms with van der Waals surface area (Å²) >= 11 is 0. The Morgan fingerprint density at radius 3 is 2.96 bits per heavy atom. The first-order chi connectivity index (χ1) is 11.3. The van der Waals surface area contributed by atoms with Crippen LogP contribution in [0.15, 0.2) is 30.6 Å². The van der Waals surface area contributed by atoms with Gasteiger partial charge in [0.25, 0.3) is 0 Å². The molecule has 0 spiro atoms. The van der Waals surface area contributed by atoms with Crippen molar-refractivity contribution in [2.45, 2.75) is 12.6 Å². The van der Waals surface area contributed by atoms with Crippen LogP contribution in [0.2, 0.25) is 0 Å². The van der Waals surface area contributed by atoms with E-state index in [0.717, 1.165) is 43.5 Å². The van der Waals surface area contributed by atoms with E-state index >= 15 is 0 Å². The van der Waals surface area contributed by atoms with Gasteiger partial charge in [-0.15, -0.1) is 0 Å². The number of benzene rings is 1. The molecule has 0 radical (unpaired) electrons. The lowest BCUT2D eigenvalue weighted by atomic mass is 10.1. The average Bonchev–Trinajstić information content (AvgIpc) is 3.01. The highest BCUT2D eigenvalue weighted by atomic mass is 16.6. The van der Waals surface area contributed by atoms with Crippen LogP contribution >= 0.6 is 0 Å². The number of nitrogens with zero attached hydrogens (tertiary/aromatic N) is 3. The quantitative estimate of drug-likeness (QED) is 0.926. The first-order valence-corrected chi connectivity index (χ1v) is 8.12. The zero-order valence-corrected chi connectivity index (χ0v) is 13.4. The Kier molecular flexibility index (Phi) is 3.93. The van der Waals surface area contributed by atoms with Gasteiger partial charge in [-0.25, -0.2) is 4.98 Å². The summed E-state index contributed by atoms with van der Waals surface area (Å²) in [5.41, 5.74) is 1.25. The maximum atomic E-state index is 5.70. The van der Waals surface area contributed by atoms with Gasteiger partial charge in [0.1, 0.15) is 19.0 Å². The summed E-state index contributed by atoms with van der Waals surface area (Å²) in [4.78, 5) is 7.01. The molecule has 0 amide bonds. The minimum atomic E-state index is 0.289. The molecule has 1 N–H and O–H groups in total. The molecule has 1 saturated heterocycles. The number of fused-ring (bicyclic) bond motifs is 1. The zero-order chi connectivity index (χ0) is 15.6. The van der Waals surface area contributed by atoms with Gasteiger partial charge < -0.3 is 19.4 Å². The van der Waals surface area contributed by atoms with E-state index in [2.05, 4.69) is 38.9 Å². The average molecular weight is 314 g/mol. The molecule has 0 saturated carbocycles. The molecule has 122 valence electrons. The van der Waals surface area contributed by atoms with Crippen molar-refractivity contribution in [1.29, 1.82) is 0 Å². The second kappa shape index (κ2) is 6.22. The second-order valence-electron chi connectivity index (χ2n) is 6.06. The number of hydrogen-bond acceptors (Lipinski definition) is 5. The molecule has 6 nitrogen and oxygen atoms in total. The van der Waals surface area contributed by atoms with Crippen molar-refractivity contribution in [1.82, 2.24) is 19.8 Å². The van der Waals surface area contributed by atoms with Crippen LogP contribution in [0.1, 0.15) is 17.4 Å². The summed E-state index contributed by atoms with van der Waals surface area (Å²) in [6, 6.07) is 6.54. The zero-order valence-electron chi connectivity index (χ0n) is 13.4. The van der Waals surface area contributed by atoms with Crippen molar-refractivity contribution in [2.75, 3.05) is 32.8 Å². The molecular formula is C17H22N4O2. The molecule has 1 aromatic carbocycles. The molecule has 2 aliphatic heterocycles. The van der Waals surface area contributed by atoms with Gasteiger partial charge in [-0.1, -0.05) is 6.07 Å². The highest BCUT2D eigenvalue weighted by Gasteiger charge is 2.27. The van der Waals surface area contributed by atoms with E-state index in [1.807, 2.05) is 18.5 Å². The molecule has 6 heteroatoms. The molecule has 1 atom stereocenters. The van der Waals surface area contributed by atoms with Crippen molar-refractivity contribution in [3.8, 4) is 11.5 Å². The van der Waals surface area contributed by atoms with E-state index in [1.165, 1.54) is 5.56 Å². The van der Waals surface area contributed by atoms with Crippen molar-refractivity contribution >= 4 is 0 Å². The predicted molar refractivity (Wildman–Crippen MR) is 86.7 cm³/mol. The molecular weight excluding hydrogens is 292 g/mol. The largest absolute Gasteiger partial charge is 0.486 e. The van der Waals surface area contributed by atoms with E-state index in [9.17, 15) is 0 Å². The first-order valence-electron chi connectivity index (χ1n) is 8.12. The monoisotopic (exact) mass is 314 g/mol. The van der Waals surface area contributed by atoms with Crippen LogP contribution in [0.25, 0.3) is 0 Å². The fraction of sp³-hybridized carbons (Fsp3) is 0.471. The first kappa shape index (κ1) is 14.5. The normalized spacial score (nSPS) is 21.3. The maximum absolute atomic E-state index is 5.70. The lowest BCUT2D eigenvalue weighted by molar-refractivity contribution is 0.143. The van der Waals surface area contributed by atoms with E-state index in [-0.39, 0.29) is 6.04 Å². The Balaban J connectivity index is 1.55. The highest BCUT2D eigenvalue weighted by Crippen LogP contribution is 2.32. The summed E-state index contributed by atoms with van der Waals surface area (Å²) in [5, 5.41) is 3.48. The Hall–Kier alpha value is -2.05. The fourth-order valence-corrected chi connectivity index (χ4v) is 3.31. The van der Waals surface area contributed by atoms with Crippen molar-refractivity contribution in [3.05, 3.63) is 42.0 Å². The van der Waals surface area contributed by atoms with E-state index < -0.39 is 0 Å². The molecule has 4 rings (SSSR count). The number of ether oxygens (including phenoxy) is 2. The van der Waals surface area contributed by atoms with Gasteiger partial charge >= 0.3 is 0 Å². The molecule has 3 heterocycles. The SMILES string of the molecule is Cn1ccnc1C1CNCCN1Cc1ccc2c(c1)OCCO2. The third-order valence-corrected chi connectivity index (χ3v) is 4.50. The topological polar surface area (TPSA) is 51.6 Å². The highest BCUT2D eigenvalue weighted by molar-refractivity contribution is 5.43. The summed E-state index contributed by atoms with van der Waals surface area (Å²) < 4.78 is 13.4. The Bertz CT molecular complexity index is 685. The van der Waals surface area contributed by atoms with Crippen molar-refractivity contribution in [2.24, 2.45) is 7.05 Å². The van der Waals surface area contributed by atoms with E-state index in [4.69, 9.17) is 9.47 Å². The third kappa shape index (κ3) is 2.92. The summed E-state index contributed by atoms with van der Waals surface area (Å²) in [5.74, 6) is 2.81. The summed E-state index contributed by atoms with van der Waals surface area (Å²) in [7, 11) is 2.05. The van der Waals surface area contributed by atoms with Gasteiger partial charge in [0.2, 0.25) is 0 Å². The molecule has 1 fully saturated rings. The number of imidazole rings is 1. The number of rotatable bonds is 3. The lowest BCUT2D eigenvalue weighted by Crippen LogP contribution is -2.46. The van der Waals surface area contributed by atoms with Crippen LogP contribution in [-0.2, 0) is 13.6 Å². The molecule has 23 heavy (non-hydrogen) atoms. The second-order valence-corrected chi connectivity index (χ2v) is 6.06. The predicted octanol–water partition coefficient (Wildman–Crippen LogP) is 1.34. The van der Waals surface area contributed by atoms with Crippen molar-refractivity contribution in [3.63, 3.8) is 0 Å². The van der Waals surface area contributed by atoms with Gasteiger partial charge in [0, 0.05) is 45.6 Å². The fourth-order valence-electron chi connectivity index (χ4n) is 3.31. The summed E-state index contributed by atoms with van der Waals surface area (Å²) in [6.45, 7) is 5.08. The van der Waals surface area contributed by atoms with Crippen molar-refractivity contribution < 1.29 is 9.47 Å². The molecule has 1 aromatic heterocycles. The van der Waals surface area contributed by atoms with Crippen LogP contribution in [0.3, 0.4) is 0 Å². The van der Waals surface area contributed by atoms with Gasteiger partial charge in [-0.3, -0.25) is 4.90 Å². The van der Waals surface area contributed by atoms with Gasteiger partial charge in [0.15, 0.2) is 11.5 Å². The van der Waals surface area contributed by atoms with E-state index in [0.29, 0.717) is 13.2 Å². The molecule has 1 unspecified atom stereocenters. The number of aryl methyl sites for hydroxylation is 1. The van der Waals surface area contributed by atoms with Crippen LogP contribution in [0.5, 0.6) is 11.5 Å². The minimum Gasteiger partial charge on any atom is -0.486 e. The third-order valence-electron chi connectivity index (χ3n) is 4.50. The lowest BCUT2D eigenvalue weighted by Gasteiger charge is -2.35. The Morgan fingerprint density at radius 2 is 2.13 bits per heavy atom. The van der Waals surface area contributed by atoms with Crippen LogP contribution in [-0.4, -0.2) is 47.3 Å². The molecule has 2 aliphatic rings. The molecule has 2 aromatic rings. The number of piperazine rings is 1. The van der Waals surface area contributed by atoms with Gasteiger partial charge in [-0.2, -0.15) is 0 Å². The molecule has 0 bridgehead atoms. The number of aromatic nitrogens is 2. The van der Waals surface area contributed by atoms with Gasteiger partial charge in [0.05, 0.1) is 6.04 Å². The Labute approximate surface area is 136 Å². The van der Waals surface area contributed by atoms with E-state index in [1.54, 1.807) is 0 Å². The smallest absolute Gasteiger partial charge is 0.161 e. The van der Waals surface area contributed by atoms with Crippen LogP contribution < -0.4 is 14.8 Å². The molecule has 0 aliphatic carbocycles. The standard InChI is InChI=1S/C17H22N4O2/c1-20-6-5-19-17(20)14-11-18-4-7-21(14)12-13-2-3-15-16(10-13)23-9-8-22-15/h2-3,5-6,10,14,18H,4,7-9,11-12H2,1H3. The van der Waals surface area contributed by atoms with Crippen LogP contribution in [0, 0.1) is 0 Å². The number of hydrogen-bond donors (Lipinski definition) is 1. The summed E-state index contributed by atoms with van der Waals surface area (Å²) in [6.07, 6.45) is 3.87. The van der Waals surface area contributed by atoms with Gasteiger partial charge in [-0.05, 0) is 17.7 Å². The Morgan fingerprint density at radius 1 is 1.26 bits per heavy atom. The number of nitrogens with one attached hydrogen (secondary N) is 1. The van der Waals surface area contributed by atoms with Crippen LogP contribution in [0.4, 0.5) is 0 Å². The maximum Gasteiger partial charge on any atom is 0.161 e.